The van der Waals surface area contributed by atoms with Crippen molar-refractivity contribution >= 4 is 41.5 Å². The summed E-state index contributed by atoms with van der Waals surface area (Å²) in [7, 11) is 0. The molecule has 7 heteroatoms. The van der Waals surface area contributed by atoms with Gasteiger partial charge in [0.05, 0.1) is 13.2 Å². The maximum atomic E-state index is 9.85. The molecule has 5 nitrogen and oxygen atoms in total. The number of benzene rings is 2. The summed E-state index contributed by atoms with van der Waals surface area (Å²) in [5, 5.41) is 17.3. The lowest BCUT2D eigenvalue weighted by Crippen LogP contribution is -2.42. The van der Waals surface area contributed by atoms with Gasteiger partial charge in [-0.25, -0.2) is 0 Å². The van der Waals surface area contributed by atoms with Crippen LogP contribution >= 0.6 is 35.6 Å². The van der Waals surface area contributed by atoms with Gasteiger partial charge in [-0.1, -0.05) is 54.1 Å². The Morgan fingerprint density at radius 2 is 1.87 bits per heavy atom. The van der Waals surface area contributed by atoms with Crippen LogP contribution in [0.4, 0.5) is 0 Å². The van der Waals surface area contributed by atoms with Crippen LogP contribution in [0, 0.1) is 0 Å². The number of aliphatic imine (C=N–C) groups is 1. The highest BCUT2D eigenvalue weighted by atomic mass is 127. The molecule has 0 saturated carbocycles. The van der Waals surface area contributed by atoms with E-state index in [1.165, 1.54) is 5.56 Å². The monoisotopic (exact) mass is 557 g/mol. The molecule has 0 amide bonds. The molecule has 0 spiro atoms. The Labute approximate surface area is 207 Å². The lowest BCUT2D eigenvalue weighted by Gasteiger charge is -2.37. The zero-order chi connectivity index (χ0) is 21.2. The van der Waals surface area contributed by atoms with Gasteiger partial charge in [-0.15, -0.1) is 24.0 Å². The van der Waals surface area contributed by atoms with Gasteiger partial charge in [-0.3, -0.25) is 4.99 Å². The van der Waals surface area contributed by atoms with Crippen LogP contribution in [0.3, 0.4) is 0 Å². The summed E-state index contributed by atoms with van der Waals surface area (Å²) in [6, 6.07) is 18.2. The lowest BCUT2D eigenvalue weighted by molar-refractivity contribution is 0.0531. The van der Waals surface area contributed by atoms with Gasteiger partial charge in [0.25, 0.3) is 0 Å². The van der Waals surface area contributed by atoms with Gasteiger partial charge in [0.1, 0.15) is 0 Å². The third-order valence-electron chi connectivity index (χ3n) is 5.78. The van der Waals surface area contributed by atoms with E-state index in [9.17, 15) is 5.11 Å². The second kappa shape index (κ2) is 13.3. The van der Waals surface area contributed by atoms with Crippen LogP contribution in [0.5, 0.6) is 0 Å². The lowest BCUT2D eigenvalue weighted by atomic mass is 9.74. The Morgan fingerprint density at radius 1 is 1.13 bits per heavy atom. The largest absolute Gasteiger partial charge is 0.396 e. The molecule has 1 fully saturated rings. The molecule has 0 radical (unpaired) electrons. The summed E-state index contributed by atoms with van der Waals surface area (Å²) in [5.74, 6) is 0.778. The molecule has 0 aliphatic carbocycles. The first-order valence-electron chi connectivity index (χ1n) is 10.7. The fourth-order valence-corrected chi connectivity index (χ4v) is 4.11. The third kappa shape index (κ3) is 7.34. The maximum Gasteiger partial charge on any atom is 0.191 e. The van der Waals surface area contributed by atoms with Crippen molar-refractivity contribution < 1.29 is 9.84 Å². The van der Waals surface area contributed by atoms with Crippen molar-refractivity contribution in [2.24, 2.45) is 4.99 Å². The molecular formula is C24H33ClIN3O2. The normalized spacial score (nSPS) is 16.8. The van der Waals surface area contributed by atoms with Crippen molar-refractivity contribution in [1.29, 1.82) is 0 Å². The molecule has 3 N–H and O–H groups in total. The van der Waals surface area contributed by atoms with Crippen molar-refractivity contribution in [2.75, 3.05) is 39.5 Å². The number of aliphatic hydroxyl groups excluding tert-OH is 1. The predicted octanol–water partition coefficient (Wildman–Crippen LogP) is 4.34. The Kier molecular flexibility index (Phi) is 11.1. The molecular weight excluding hydrogens is 525 g/mol. The molecule has 1 unspecified atom stereocenters. The molecule has 2 aromatic rings. The van der Waals surface area contributed by atoms with Crippen molar-refractivity contribution in [3.63, 3.8) is 0 Å². The van der Waals surface area contributed by atoms with Gasteiger partial charge in [0.15, 0.2) is 5.96 Å². The van der Waals surface area contributed by atoms with Gasteiger partial charge in [0.2, 0.25) is 0 Å². The minimum atomic E-state index is -0.0820. The SMILES string of the molecule is CCNC(=NCC1(c2cccc(Cl)c2)CCOCC1)NCC(CO)c1ccccc1.I. The van der Waals surface area contributed by atoms with E-state index >= 15 is 0 Å². The van der Waals surface area contributed by atoms with E-state index < -0.39 is 0 Å². The smallest absolute Gasteiger partial charge is 0.191 e. The van der Waals surface area contributed by atoms with Crippen LogP contribution in [-0.2, 0) is 10.2 Å². The molecule has 0 bridgehead atoms. The van der Waals surface area contributed by atoms with Gasteiger partial charge in [-0.05, 0) is 43.0 Å². The maximum absolute atomic E-state index is 9.85. The minimum absolute atomic E-state index is 0. The van der Waals surface area contributed by atoms with Crippen molar-refractivity contribution in [1.82, 2.24) is 10.6 Å². The molecule has 1 atom stereocenters. The number of hydrogen-bond donors (Lipinski definition) is 3. The van der Waals surface area contributed by atoms with Crippen LogP contribution in [0.25, 0.3) is 0 Å². The first-order chi connectivity index (χ1) is 14.7. The van der Waals surface area contributed by atoms with Gasteiger partial charge in [-0.2, -0.15) is 0 Å². The second-order valence-electron chi connectivity index (χ2n) is 7.77. The summed E-state index contributed by atoms with van der Waals surface area (Å²) in [4.78, 5) is 4.93. The fourth-order valence-electron chi connectivity index (χ4n) is 3.92. The first kappa shape index (κ1) is 25.9. The molecule has 1 aliphatic heterocycles. The molecule has 31 heavy (non-hydrogen) atoms. The number of halogens is 2. The van der Waals surface area contributed by atoms with Crippen LogP contribution in [0.2, 0.25) is 5.02 Å². The van der Waals surface area contributed by atoms with E-state index in [-0.39, 0.29) is 41.9 Å². The van der Waals surface area contributed by atoms with Crippen LogP contribution < -0.4 is 10.6 Å². The Morgan fingerprint density at radius 3 is 2.52 bits per heavy atom. The van der Waals surface area contributed by atoms with Crippen LogP contribution in [0.1, 0.15) is 36.8 Å². The zero-order valence-electron chi connectivity index (χ0n) is 18.0. The standard InChI is InChI=1S/C24H32ClN3O2.HI/c1-2-26-23(27-16-20(17-29)19-7-4-3-5-8-19)28-18-24(11-13-30-14-12-24)21-9-6-10-22(25)15-21;/h3-10,15,20,29H,2,11-14,16-18H2,1H3,(H2,26,27,28);1H. The Bertz CT molecular complexity index is 813. The predicted molar refractivity (Wildman–Crippen MR) is 139 cm³/mol. The second-order valence-corrected chi connectivity index (χ2v) is 8.21. The number of rotatable bonds is 8. The molecule has 1 saturated heterocycles. The van der Waals surface area contributed by atoms with Gasteiger partial charge >= 0.3 is 0 Å². The molecule has 3 rings (SSSR count). The Hall–Kier alpha value is -1.35. The van der Waals surface area contributed by atoms with Gasteiger partial charge < -0.3 is 20.5 Å². The van der Waals surface area contributed by atoms with Crippen molar-refractivity contribution in [2.45, 2.75) is 31.1 Å². The van der Waals surface area contributed by atoms with E-state index in [1.54, 1.807) is 0 Å². The number of hydrogen-bond acceptors (Lipinski definition) is 3. The summed E-state index contributed by atoms with van der Waals surface area (Å²) in [5.41, 5.74) is 2.25. The fraction of sp³-hybridized carbons (Fsp3) is 0.458. The van der Waals surface area contributed by atoms with E-state index in [4.69, 9.17) is 21.3 Å². The van der Waals surface area contributed by atoms with E-state index in [0.29, 0.717) is 13.1 Å². The minimum Gasteiger partial charge on any atom is -0.396 e. The highest BCUT2D eigenvalue weighted by Gasteiger charge is 2.34. The molecule has 0 aromatic heterocycles. The zero-order valence-corrected chi connectivity index (χ0v) is 21.1. The van der Waals surface area contributed by atoms with E-state index in [2.05, 4.69) is 29.7 Å². The number of aliphatic hydroxyl groups is 1. The van der Waals surface area contributed by atoms with Crippen LogP contribution in [-0.4, -0.2) is 50.5 Å². The van der Waals surface area contributed by atoms with Crippen molar-refractivity contribution in [3.05, 3.63) is 70.7 Å². The average Bonchev–Trinajstić information content (AvgIpc) is 2.79. The Balaban J connectivity index is 0.00000341. The number of nitrogens with one attached hydrogen (secondary N) is 2. The topological polar surface area (TPSA) is 65.9 Å². The summed E-state index contributed by atoms with van der Waals surface area (Å²) in [6.45, 7) is 5.63. The molecule has 2 aromatic carbocycles. The summed E-state index contributed by atoms with van der Waals surface area (Å²) < 4.78 is 5.63. The molecule has 1 heterocycles. The quantitative estimate of drug-likeness (QED) is 0.257. The third-order valence-corrected chi connectivity index (χ3v) is 6.01. The average molecular weight is 558 g/mol. The number of guanidine groups is 1. The van der Waals surface area contributed by atoms with Crippen molar-refractivity contribution in [3.8, 4) is 0 Å². The number of ether oxygens (including phenoxy) is 1. The van der Waals surface area contributed by atoms with E-state index in [0.717, 1.165) is 49.1 Å². The highest BCUT2D eigenvalue weighted by Crippen LogP contribution is 2.36. The van der Waals surface area contributed by atoms with Gasteiger partial charge in [0, 0.05) is 42.7 Å². The molecule has 1 aliphatic rings. The number of nitrogens with zero attached hydrogens (tertiary/aromatic N) is 1. The summed E-state index contributed by atoms with van der Waals surface area (Å²) >= 11 is 6.28. The molecule has 170 valence electrons. The summed E-state index contributed by atoms with van der Waals surface area (Å²) in [6.07, 6.45) is 1.83. The first-order valence-corrected chi connectivity index (χ1v) is 11.1. The van der Waals surface area contributed by atoms with E-state index in [1.807, 2.05) is 42.5 Å². The highest BCUT2D eigenvalue weighted by molar-refractivity contribution is 14.0. The van der Waals surface area contributed by atoms with Crippen LogP contribution in [0.15, 0.2) is 59.6 Å².